The lowest BCUT2D eigenvalue weighted by atomic mass is 9.88. The van der Waals surface area contributed by atoms with Gasteiger partial charge in [-0.3, -0.25) is 0 Å². The molecule has 6 nitrogen and oxygen atoms in total. The minimum Gasteiger partial charge on any atom is -0.478 e. The Morgan fingerprint density at radius 3 is 2.41 bits per heavy atom. The van der Waals surface area contributed by atoms with Crippen LogP contribution in [-0.4, -0.2) is 53.3 Å². The van der Waals surface area contributed by atoms with Crippen LogP contribution in [0, 0.1) is 12.8 Å². The highest BCUT2D eigenvalue weighted by Gasteiger charge is 2.37. The van der Waals surface area contributed by atoms with E-state index in [9.17, 15) is 14.7 Å². The Morgan fingerprint density at radius 2 is 1.85 bits per heavy atom. The Labute approximate surface area is 165 Å². The lowest BCUT2D eigenvalue weighted by Gasteiger charge is -2.39. The van der Waals surface area contributed by atoms with Gasteiger partial charge in [0.05, 0.1) is 10.6 Å². The Balaban J connectivity index is 1.64. The van der Waals surface area contributed by atoms with E-state index in [-0.39, 0.29) is 6.09 Å². The maximum absolute atomic E-state index is 12.3. The predicted octanol–water partition coefficient (Wildman–Crippen LogP) is 4.37. The fourth-order valence-corrected chi connectivity index (χ4v) is 5.38. The first-order chi connectivity index (χ1) is 12.7. The van der Waals surface area contributed by atoms with E-state index in [4.69, 9.17) is 4.74 Å². The summed E-state index contributed by atoms with van der Waals surface area (Å²) in [5.41, 5.74) is 0.834. The van der Waals surface area contributed by atoms with Gasteiger partial charge in [0.2, 0.25) is 0 Å². The molecule has 0 aliphatic carbocycles. The van der Waals surface area contributed by atoms with Gasteiger partial charge in [-0.25, -0.2) is 9.59 Å². The summed E-state index contributed by atoms with van der Waals surface area (Å²) in [7, 11) is 0. The maximum Gasteiger partial charge on any atom is 0.410 e. The van der Waals surface area contributed by atoms with Crippen LogP contribution in [0.15, 0.2) is 5.38 Å². The number of piperidine rings is 1. The summed E-state index contributed by atoms with van der Waals surface area (Å²) in [5, 5.41) is 12.2. The lowest BCUT2D eigenvalue weighted by molar-refractivity contribution is 0.0175. The fourth-order valence-electron chi connectivity index (χ4n) is 4.23. The van der Waals surface area contributed by atoms with Crippen molar-refractivity contribution in [3.8, 4) is 0 Å². The molecule has 2 aliphatic heterocycles. The first-order valence-corrected chi connectivity index (χ1v) is 10.6. The van der Waals surface area contributed by atoms with E-state index in [1.54, 1.807) is 16.7 Å². The van der Waals surface area contributed by atoms with Gasteiger partial charge in [0.15, 0.2) is 0 Å². The van der Waals surface area contributed by atoms with Crippen molar-refractivity contribution in [2.75, 3.05) is 24.5 Å². The molecule has 0 saturated carbocycles. The highest BCUT2D eigenvalue weighted by atomic mass is 32.1. The summed E-state index contributed by atoms with van der Waals surface area (Å²) in [6.07, 6.45) is 3.99. The number of likely N-dealkylation sites (tertiary alicyclic amines) is 1. The van der Waals surface area contributed by atoms with E-state index < -0.39 is 11.6 Å². The van der Waals surface area contributed by atoms with Crippen molar-refractivity contribution >= 4 is 28.4 Å². The molecule has 3 heterocycles. The van der Waals surface area contributed by atoms with Crippen LogP contribution in [0.2, 0.25) is 0 Å². The van der Waals surface area contributed by atoms with Crippen molar-refractivity contribution < 1.29 is 19.4 Å². The average molecular weight is 395 g/mol. The van der Waals surface area contributed by atoms with Crippen molar-refractivity contribution in [2.45, 2.75) is 65.0 Å². The normalized spacial score (nSPS) is 21.6. The number of carbonyl (C=O) groups is 2. The number of anilines is 1. The van der Waals surface area contributed by atoms with Gasteiger partial charge in [-0.1, -0.05) is 0 Å². The zero-order valence-electron chi connectivity index (χ0n) is 16.7. The number of hydrogen-bond donors (Lipinski definition) is 1. The number of rotatable bonds is 3. The Kier molecular flexibility index (Phi) is 5.70. The lowest BCUT2D eigenvalue weighted by Crippen LogP contribution is -2.46. The van der Waals surface area contributed by atoms with Crippen LogP contribution in [0.3, 0.4) is 0 Å². The average Bonchev–Trinajstić information content (AvgIpc) is 3.19. The third kappa shape index (κ3) is 4.39. The Bertz CT molecular complexity index is 701. The van der Waals surface area contributed by atoms with Crippen LogP contribution in [0.5, 0.6) is 0 Å². The Hall–Kier alpha value is -1.76. The SMILES string of the molecule is Cc1c(C(=O)O)csc1N1CCCC1C1CCN(C(=O)OC(C)(C)C)CC1. The van der Waals surface area contributed by atoms with Crippen LogP contribution in [0.4, 0.5) is 9.80 Å². The molecule has 0 radical (unpaired) electrons. The van der Waals surface area contributed by atoms with Crippen LogP contribution < -0.4 is 4.90 Å². The third-order valence-electron chi connectivity index (χ3n) is 5.54. The zero-order valence-corrected chi connectivity index (χ0v) is 17.5. The largest absolute Gasteiger partial charge is 0.478 e. The fraction of sp³-hybridized carbons (Fsp3) is 0.700. The Morgan fingerprint density at radius 1 is 1.19 bits per heavy atom. The highest BCUT2D eigenvalue weighted by molar-refractivity contribution is 7.14. The molecule has 7 heteroatoms. The first kappa shape index (κ1) is 20.0. The number of carbonyl (C=O) groups excluding carboxylic acids is 1. The van der Waals surface area contributed by atoms with Crippen molar-refractivity contribution in [1.29, 1.82) is 0 Å². The number of aromatic carboxylic acids is 1. The molecule has 0 bridgehead atoms. The van der Waals surface area contributed by atoms with Gasteiger partial charge < -0.3 is 19.6 Å². The van der Waals surface area contributed by atoms with E-state index in [1.807, 2.05) is 32.6 Å². The van der Waals surface area contributed by atoms with Gasteiger partial charge in [0.1, 0.15) is 5.60 Å². The molecular weight excluding hydrogens is 364 g/mol. The molecule has 1 unspecified atom stereocenters. The maximum atomic E-state index is 12.3. The molecule has 0 aromatic carbocycles. The van der Waals surface area contributed by atoms with Gasteiger partial charge in [0.25, 0.3) is 0 Å². The molecule has 27 heavy (non-hydrogen) atoms. The highest BCUT2D eigenvalue weighted by Crippen LogP contribution is 2.40. The molecule has 0 spiro atoms. The number of hydrogen-bond acceptors (Lipinski definition) is 5. The van der Waals surface area contributed by atoms with Gasteiger partial charge in [0, 0.05) is 31.1 Å². The molecule has 1 aromatic heterocycles. The van der Waals surface area contributed by atoms with Gasteiger partial charge >= 0.3 is 12.1 Å². The molecule has 3 rings (SSSR count). The minimum absolute atomic E-state index is 0.218. The topological polar surface area (TPSA) is 70.1 Å². The number of carboxylic acid groups (broad SMARTS) is 1. The van der Waals surface area contributed by atoms with E-state index in [0.717, 1.165) is 55.9 Å². The molecule has 2 fully saturated rings. The number of nitrogens with zero attached hydrogens (tertiary/aromatic N) is 2. The first-order valence-electron chi connectivity index (χ1n) is 9.73. The van der Waals surface area contributed by atoms with Crippen LogP contribution >= 0.6 is 11.3 Å². The summed E-state index contributed by atoms with van der Waals surface area (Å²) in [4.78, 5) is 27.9. The van der Waals surface area contributed by atoms with Gasteiger partial charge in [-0.05, 0) is 64.9 Å². The number of thiophene rings is 1. The van der Waals surface area contributed by atoms with Crippen molar-refractivity contribution in [1.82, 2.24) is 4.90 Å². The summed E-state index contributed by atoms with van der Waals surface area (Å²) >= 11 is 1.54. The molecular formula is C20H30N2O4S. The number of carboxylic acids is 1. The molecule has 1 aromatic rings. The monoisotopic (exact) mass is 394 g/mol. The summed E-state index contributed by atoms with van der Waals surface area (Å²) < 4.78 is 5.49. The van der Waals surface area contributed by atoms with Crippen LogP contribution in [-0.2, 0) is 4.74 Å². The van der Waals surface area contributed by atoms with E-state index in [1.165, 1.54) is 0 Å². The molecule has 1 amide bonds. The summed E-state index contributed by atoms with van der Waals surface area (Å²) in [5.74, 6) is -0.322. The quantitative estimate of drug-likeness (QED) is 0.824. The van der Waals surface area contributed by atoms with Crippen molar-refractivity contribution in [3.63, 3.8) is 0 Å². The van der Waals surface area contributed by atoms with Crippen molar-refractivity contribution in [3.05, 3.63) is 16.5 Å². The van der Waals surface area contributed by atoms with E-state index in [0.29, 0.717) is 17.5 Å². The third-order valence-corrected chi connectivity index (χ3v) is 6.66. The molecule has 2 saturated heterocycles. The van der Waals surface area contributed by atoms with E-state index >= 15 is 0 Å². The summed E-state index contributed by atoms with van der Waals surface area (Å²) in [6.45, 7) is 10.0. The predicted molar refractivity (Wildman–Crippen MR) is 107 cm³/mol. The second kappa shape index (κ2) is 7.70. The van der Waals surface area contributed by atoms with Gasteiger partial charge in [-0.2, -0.15) is 0 Å². The second-order valence-corrected chi connectivity index (χ2v) is 9.45. The van der Waals surface area contributed by atoms with E-state index in [2.05, 4.69) is 4.90 Å². The van der Waals surface area contributed by atoms with Crippen LogP contribution in [0.1, 0.15) is 62.4 Å². The van der Waals surface area contributed by atoms with Crippen LogP contribution in [0.25, 0.3) is 0 Å². The zero-order chi connectivity index (χ0) is 19.8. The molecule has 1 N–H and O–H groups in total. The minimum atomic E-state index is -0.851. The second-order valence-electron chi connectivity index (χ2n) is 8.59. The number of amides is 1. The molecule has 2 aliphatic rings. The van der Waals surface area contributed by atoms with Gasteiger partial charge in [-0.15, -0.1) is 11.3 Å². The molecule has 1 atom stereocenters. The number of ether oxygens (including phenoxy) is 1. The summed E-state index contributed by atoms with van der Waals surface area (Å²) in [6, 6.07) is 0.435. The smallest absolute Gasteiger partial charge is 0.410 e. The molecule has 150 valence electrons. The standard InChI is InChI=1S/C20H30N2O4S/c1-13-15(18(23)24)12-27-17(13)22-9-5-6-16(22)14-7-10-21(11-8-14)19(25)26-20(2,3)4/h12,14,16H,5-11H2,1-4H3,(H,23,24). The van der Waals surface area contributed by atoms with Crippen molar-refractivity contribution in [2.24, 2.45) is 5.92 Å².